The second kappa shape index (κ2) is 6.42. The summed E-state index contributed by atoms with van der Waals surface area (Å²) in [4.78, 5) is 0.317. The summed E-state index contributed by atoms with van der Waals surface area (Å²) >= 11 is 4.98. The summed E-state index contributed by atoms with van der Waals surface area (Å²) in [5, 5.41) is 0. The molecule has 0 radical (unpaired) electrons. The Bertz CT molecular complexity index is 628. The number of nitrogens with zero attached hydrogens (tertiary/aromatic N) is 1. The standard InChI is InChI=1S/C15H22N2O2S2/c1-11-7-3-5-9-13(11)17(2)21(18,19)14-10-6-4-8-12(14)15(16)20/h4,6,8,10-11,13H,3,5,7,9H2,1-2H3,(H2,16,20). The molecule has 0 spiro atoms. The number of nitrogens with two attached hydrogens (primary N) is 1. The Kier molecular flexibility index (Phi) is 5.01. The van der Waals surface area contributed by atoms with Gasteiger partial charge >= 0.3 is 0 Å². The third kappa shape index (κ3) is 3.27. The van der Waals surface area contributed by atoms with Crippen molar-refractivity contribution in [1.82, 2.24) is 4.31 Å². The zero-order chi connectivity index (χ0) is 15.6. The molecule has 0 bridgehead atoms. The lowest BCUT2D eigenvalue weighted by Crippen LogP contribution is -2.43. The summed E-state index contributed by atoms with van der Waals surface area (Å²) in [6.07, 6.45) is 4.23. The maximum Gasteiger partial charge on any atom is 0.243 e. The summed E-state index contributed by atoms with van der Waals surface area (Å²) < 4.78 is 27.3. The summed E-state index contributed by atoms with van der Waals surface area (Å²) in [6.45, 7) is 2.12. The second-order valence-corrected chi connectivity index (χ2v) is 8.12. The van der Waals surface area contributed by atoms with Gasteiger partial charge in [-0.05, 0) is 24.8 Å². The molecule has 2 N–H and O–H groups in total. The summed E-state index contributed by atoms with van der Waals surface area (Å²) in [6, 6.07) is 6.73. The highest BCUT2D eigenvalue weighted by Crippen LogP contribution is 2.31. The van der Waals surface area contributed by atoms with Crippen molar-refractivity contribution in [3.8, 4) is 0 Å². The maximum absolute atomic E-state index is 12.9. The van der Waals surface area contributed by atoms with E-state index in [1.165, 1.54) is 10.7 Å². The number of hydrogen-bond acceptors (Lipinski definition) is 3. The molecule has 1 fully saturated rings. The number of thiocarbonyl (C=S) groups is 1. The van der Waals surface area contributed by atoms with Crippen LogP contribution < -0.4 is 5.73 Å². The van der Waals surface area contributed by atoms with Crippen LogP contribution in [0, 0.1) is 5.92 Å². The Labute approximate surface area is 132 Å². The van der Waals surface area contributed by atoms with Crippen molar-refractivity contribution in [3.05, 3.63) is 29.8 Å². The molecule has 0 saturated heterocycles. The molecule has 2 rings (SSSR count). The Hall–Kier alpha value is -0.980. The zero-order valence-electron chi connectivity index (χ0n) is 12.5. The molecular formula is C15H22N2O2S2. The van der Waals surface area contributed by atoms with Crippen LogP contribution in [0.2, 0.25) is 0 Å². The van der Waals surface area contributed by atoms with Crippen molar-refractivity contribution in [2.45, 2.75) is 43.5 Å². The number of rotatable bonds is 4. The van der Waals surface area contributed by atoms with Crippen molar-refractivity contribution in [3.63, 3.8) is 0 Å². The van der Waals surface area contributed by atoms with Gasteiger partial charge in [0.05, 0.1) is 4.90 Å². The quantitative estimate of drug-likeness (QED) is 0.864. The van der Waals surface area contributed by atoms with E-state index in [2.05, 4.69) is 6.92 Å². The average molecular weight is 326 g/mol. The lowest BCUT2D eigenvalue weighted by Gasteiger charge is -2.35. The van der Waals surface area contributed by atoms with Crippen molar-refractivity contribution < 1.29 is 8.42 Å². The van der Waals surface area contributed by atoms with Crippen LogP contribution in [0.25, 0.3) is 0 Å². The fourth-order valence-corrected chi connectivity index (χ4v) is 4.99. The van der Waals surface area contributed by atoms with E-state index in [0.717, 1.165) is 19.3 Å². The van der Waals surface area contributed by atoms with Crippen molar-refractivity contribution in [2.24, 2.45) is 11.7 Å². The zero-order valence-corrected chi connectivity index (χ0v) is 14.1. The van der Waals surface area contributed by atoms with Gasteiger partial charge in [-0.2, -0.15) is 4.31 Å². The van der Waals surface area contributed by atoms with Crippen LogP contribution in [0.1, 0.15) is 38.2 Å². The minimum absolute atomic E-state index is 0.0446. The van der Waals surface area contributed by atoms with E-state index in [9.17, 15) is 8.42 Å². The molecule has 21 heavy (non-hydrogen) atoms. The third-order valence-electron chi connectivity index (χ3n) is 4.34. The fraction of sp³-hybridized carbons (Fsp3) is 0.533. The highest BCUT2D eigenvalue weighted by molar-refractivity contribution is 7.89. The molecular weight excluding hydrogens is 304 g/mol. The van der Waals surface area contributed by atoms with E-state index in [1.807, 2.05) is 0 Å². The second-order valence-electron chi connectivity index (χ2n) is 5.71. The van der Waals surface area contributed by atoms with E-state index >= 15 is 0 Å². The van der Waals surface area contributed by atoms with Crippen molar-refractivity contribution in [2.75, 3.05) is 7.05 Å². The lowest BCUT2D eigenvalue weighted by molar-refractivity contribution is 0.213. The van der Waals surface area contributed by atoms with Gasteiger partial charge < -0.3 is 5.73 Å². The minimum atomic E-state index is -3.58. The molecule has 0 amide bonds. The Morgan fingerprint density at radius 1 is 1.29 bits per heavy atom. The van der Waals surface area contributed by atoms with Crippen LogP contribution in [0.15, 0.2) is 29.2 Å². The lowest BCUT2D eigenvalue weighted by atomic mass is 9.86. The van der Waals surface area contributed by atoms with Crippen LogP contribution in [0.4, 0.5) is 0 Å². The van der Waals surface area contributed by atoms with Gasteiger partial charge in [0.15, 0.2) is 0 Å². The van der Waals surface area contributed by atoms with E-state index in [-0.39, 0.29) is 15.9 Å². The summed E-state index contributed by atoms with van der Waals surface area (Å²) in [5.74, 6) is 0.371. The van der Waals surface area contributed by atoms with Crippen LogP contribution in [0.3, 0.4) is 0 Å². The molecule has 1 aromatic carbocycles. The molecule has 6 heteroatoms. The van der Waals surface area contributed by atoms with Gasteiger partial charge in [0.2, 0.25) is 10.0 Å². The molecule has 0 heterocycles. The normalized spacial score (nSPS) is 23.2. The predicted octanol–water partition coefficient (Wildman–Crippen LogP) is 2.52. The topological polar surface area (TPSA) is 63.4 Å². The van der Waals surface area contributed by atoms with Crippen LogP contribution in [-0.2, 0) is 10.0 Å². The number of benzene rings is 1. The first kappa shape index (κ1) is 16.4. The minimum Gasteiger partial charge on any atom is -0.389 e. The molecule has 1 saturated carbocycles. The Balaban J connectivity index is 2.40. The largest absolute Gasteiger partial charge is 0.389 e. The molecule has 2 unspecified atom stereocenters. The van der Waals surface area contributed by atoms with Gasteiger partial charge in [0, 0.05) is 18.7 Å². The van der Waals surface area contributed by atoms with Crippen LogP contribution in [-0.4, -0.2) is 30.8 Å². The van der Waals surface area contributed by atoms with Gasteiger partial charge in [-0.1, -0.05) is 50.2 Å². The maximum atomic E-state index is 12.9. The Morgan fingerprint density at radius 2 is 1.90 bits per heavy atom. The van der Waals surface area contributed by atoms with Gasteiger partial charge in [0.1, 0.15) is 4.99 Å². The van der Waals surface area contributed by atoms with Gasteiger partial charge in [-0.25, -0.2) is 8.42 Å². The summed E-state index contributed by atoms with van der Waals surface area (Å²) in [5.41, 5.74) is 6.08. The first-order valence-corrected chi connectivity index (χ1v) is 9.07. The highest BCUT2D eigenvalue weighted by atomic mass is 32.2. The van der Waals surface area contributed by atoms with Crippen molar-refractivity contribution in [1.29, 1.82) is 0 Å². The van der Waals surface area contributed by atoms with E-state index < -0.39 is 10.0 Å². The summed E-state index contributed by atoms with van der Waals surface area (Å²) in [7, 11) is -1.92. The van der Waals surface area contributed by atoms with E-state index in [1.54, 1.807) is 31.3 Å². The monoisotopic (exact) mass is 326 g/mol. The molecule has 1 aliphatic rings. The number of sulfonamides is 1. The third-order valence-corrected chi connectivity index (χ3v) is 6.50. The molecule has 0 aromatic heterocycles. The molecule has 116 valence electrons. The number of hydrogen-bond donors (Lipinski definition) is 1. The Morgan fingerprint density at radius 3 is 2.52 bits per heavy atom. The van der Waals surface area contributed by atoms with Crippen LogP contribution >= 0.6 is 12.2 Å². The smallest absolute Gasteiger partial charge is 0.243 e. The van der Waals surface area contributed by atoms with Gasteiger partial charge in [-0.3, -0.25) is 0 Å². The van der Waals surface area contributed by atoms with Gasteiger partial charge in [-0.15, -0.1) is 0 Å². The molecule has 1 aromatic rings. The predicted molar refractivity (Wildman–Crippen MR) is 88.7 cm³/mol. The van der Waals surface area contributed by atoms with Crippen molar-refractivity contribution >= 4 is 27.2 Å². The average Bonchev–Trinajstić information content (AvgIpc) is 2.47. The molecule has 2 atom stereocenters. The molecule has 4 nitrogen and oxygen atoms in total. The first-order chi connectivity index (χ1) is 9.85. The van der Waals surface area contributed by atoms with Gasteiger partial charge in [0.25, 0.3) is 0 Å². The molecule has 1 aliphatic carbocycles. The van der Waals surface area contributed by atoms with E-state index in [0.29, 0.717) is 11.5 Å². The SMILES string of the molecule is CC1CCCCC1N(C)S(=O)(=O)c1ccccc1C(N)=S. The first-order valence-electron chi connectivity index (χ1n) is 7.22. The highest BCUT2D eigenvalue weighted by Gasteiger charge is 2.34. The van der Waals surface area contributed by atoms with E-state index in [4.69, 9.17) is 18.0 Å². The molecule has 0 aliphatic heterocycles. The van der Waals surface area contributed by atoms with Crippen LogP contribution in [0.5, 0.6) is 0 Å². The fourth-order valence-electron chi connectivity index (χ4n) is 3.07.